The van der Waals surface area contributed by atoms with Crippen LogP contribution >= 0.6 is 0 Å². The molecule has 0 fully saturated rings. The van der Waals surface area contributed by atoms with E-state index in [1.807, 2.05) is 7.05 Å². The topological polar surface area (TPSA) is 12.0 Å². The largest absolute Gasteiger partial charge is 0.388 e. The zero-order valence-electron chi connectivity index (χ0n) is 10.6. The third kappa shape index (κ3) is 2.02. The highest BCUT2D eigenvalue weighted by Gasteiger charge is 2.03. The molecular weight excluding hydrogens is 225 g/mol. The van der Waals surface area contributed by atoms with Gasteiger partial charge in [-0.1, -0.05) is 48.5 Å². The minimum Gasteiger partial charge on any atom is -0.388 e. The summed E-state index contributed by atoms with van der Waals surface area (Å²) in [6.45, 7) is 0. The van der Waals surface area contributed by atoms with Crippen molar-refractivity contribution in [2.45, 2.75) is 0 Å². The second-order valence-corrected chi connectivity index (χ2v) is 3.94. The normalized spacial score (nSPS) is 9.94. The van der Waals surface area contributed by atoms with Gasteiger partial charge in [0, 0.05) is 18.1 Å². The highest BCUT2D eigenvalue weighted by atomic mass is 19.1. The average molecular weight is 241 g/mol. The van der Waals surface area contributed by atoms with E-state index in [0.717, 1.165) is 0 Å². The summed E-state index contributed by atoms with van der Waals surface area (Å²) in [6.07, 6.45) is 0. The monoisotopic (exact) mass is 241 g/mol. The Hall–Kier alpha value is -2.09. The quantitative estimate of drug-likeness (QED) is 0.613. The van der Waals surface area contributed by atoms with Crippen molar-refractivity contribution in [1.82, 2.24) is 0 Å². The molecule has 92 valence electrons. The highest BCUT2D eigenvalue weighted by Crippen LogP contribution is 2.30. The lowest BCUT2D eigenvalue weighted by Gasteiger charge is -2.09. The van der Waals surface area contributed by atoms with Gasteiger partial charge in [-0.3, -0.25) is 4.39 Å². The van der Waals surface area contributed by atoms with Crippen LogP contribution in [0.15, 0.2) is 54.6 Å². The second kappa shape index (κ2) is 5.50. The molecule has 2 heteroatoms. The molecule has 0 saturated carbocycles. The number of fused-ring (bicyclic) bond motifs is 3. The maximum atomic E-state index is 9.50. The Bertz CT molecular complexity index is 661. The van der Waals surface area contributed by atoms with Gasteiger partial charge in [0.05, 0.1) is 7.18 Å². The summed E-state index contributed by atoms with van der Waals surface area (Å²) in [4.78, 5) is 0. The van der Waals surface area contributed by atoms with Crippen LogP contribution in [0, 0.1) is 0 Å². The molecule has 1 N–H and O–H groups in total. The van der Waals surface area contributed by atoms with Crippen molar-refractivity contribution in [3.05, 3.63) is 54.6 Å². The molecule has 0 heterocycles. The Kier molecular flexibility index (Phi) is 3.78. The number of alkyl halides is 1. The molecule has 3 aromatic carbocycles. The molecule has 0 amide bonds. The predicted molar refractivity (Wildman–Crippen MR) is 78.0 cm³/mol. The first-order valence-corrected chi connectivity index (χ1v) is 5.86. The van der Waals surface area contributed by atoms with Gasteiger partial charge < -0.3 is 5.32 Å². The van der Waals surface area contributed by atoms with Crippen molar-refractivity contribution in [2.75, 3.05) is 19.5 Å². The number of hydrogen-bond acceptors (Lipinski definition) is 1. The van der Waals surface area contributed by atoms with Crippen LogP contribution in [-0.4, -0.2) is 14.2 Å². The zero-order valence-corrected chi connectivity index (χ0v) is 10.6. The summed E-state index contributed by atoms with van der Waals surface area (Å²) in [5.74, 6) is 0. The number of hydrogen-bond donors (Lipinski definition) is 1. The van der Waals surface area contributed by atoms with E-state index in [-0.39, 0.29) is 0 Å². The van der Waals surface area contributed by atoms with Gasteiger partial charge in [0.15, 0.2) is 0 Å². The van der Waals surface area contributed by atoms with Crippen LogP contribution in [-0.2, 0) is 0 Å². The molecule has 0 bridgehead atoms. The molecule has 0 spiro atoms. The van der Waals surface area contributed by atoms with Gasteiger partial charge in [-0.05, 0) is 22.2 Å². The molecule has 3 aromatic rings. The van der Waals surface area contributed by atoms with Crippen molar-refractivity contribution in [1.29, 1.82) is 0 Å². The number of benzene rings is 3. The van der Waals surface area contributed by atoms with Crippen molar-refractivity contribution in [2.24, 2.45) is 0 Å². The molecule has 3 rings (SSSR count). The molecule has 0 atom stereocenters. The van der Waals surface area contributed by atoms with E-state index in [1.165, 1.54) is 27.2 Å². The molecule has 0 aliphatic rings. The van der Waals surface area contributed by atoms with Crippen LogP contribution in [0.5, 0.6) is 0 Å². The summed E-state index contributed by atoms with van der Waals surface area (Å²) in [6, 6.07) is 19.2. The number of anilines is 1. The van der Waals surface area contributed by atoms with E-state index in [9.17, 15) is 4.39 Å². The van der Waals surface area contributed by atoms with E-state index in [4.69, 9.17) is 0 Å². The van der Waals surface area contributed by atoms with Gasteiger partial charge in [-0.25, -0.2) is 0 Å². The summed E-state index contributed by atoms with van der Waals surface area (Å²) in [5, 5.41) is 8.45. The van der Waals surface area contributed by atoms with Gasteiger partial charge in [0.25, 0.3) is 0 Å². The third-order valence-electron chi connectivity index (χ3n) is 3.04. The standard InChI is InChI=1S/C15H13N.CH3F/c1-16-14-8-4-6-12-10-9-11-5-2-3-7-13(11)15(12)14;1-2/h2-10,16H,1H3;1H3. The van der Waals surface area contributed by atoms with E-state index in [1.54, 1.807) is 0 Å². The summed E-state index contributed by atoms with van der Waals surface area (Å²) < 4.78 is 9.50. The molecule has 0 aliphatic heterocycles. The fourth-order valence-corrected chi connectivity index (χ4v) is 2.27. The van der Waals surface area contributed by atoms with Gasteiger partial charge in [-0.15, -0.1) is 0 Å². The minimum atomic E-state index is 0.500. The molecule has 1 nitrogen and oxygen atoms in total. The summed E-state index contributed by atoms with van der Waals surface area (Å²) in [7, 11) is 2.47. The lowest BCUT2D eigenvalue weighted by molar-refractivity contribution is 0.636. The molecule has 18 heavy (non-hydrogen) atoms. The third-order valence-corrected chi connectivity index (χ3v) is 3.04. The molecule has 0 aliphatic carbocycles. The van der Waals surface area contributed by atoms with Gasteiger partial charge in [0.1, 0.15) is 0 Å². The van der Waals surface area contributed by atoms with Crippen molar-refractivity contribution in [3.8, 4) is 0 Å². The Labute approximate surface area is 106 Å². The number of nitrogens with one attached hydrogen (secondary N) is 1. The smallest absolute Gasteiger partial charge is 0.0785 e. The lowest BCUT2D eigenvalue weighted by Crippen LogP contribution is -1.89. The minimum absolute atomic E-state index is 0.500. The molecule has 0 saturated heterocycles. The number of rotatable bonds is 1. The average Bonchev–Trinajstić information content (AvgIpc) is 2.48. The first-order chi connectivity index (χ1) is 8.90. The van der Waals surface area contributed by atoms with E-state index in [0.29, 0.717) is 7.18 Å². The molecule has 0 unspecified atom stereocenters. The number of halogens is 1. The zero-order chi connectivity index (χ0) is 13.0. The van der Waals surface area contributed by atoms with Crippen LogP contribution in [0.1, 0.15) is 0 Å². The summed E-state index contributed by atoms with van der Waals surface area (Å²) >= 11 is 0. The van der Waals surface area contributed by atoms with Crippen LogP contribution in [0.25, 0.3) is 21.5 Å². The fraction of sp³-hybridized carbons (Fsp3) is 0.125. The van der Waals surface area contributed by atoms with Crippen LogP contribution < -0.4 is 5.32 Å². The van der Waals surface area contributed by atoms with Crippen molar-refractivity contribution < 1.29 is 4.39 Å². The highest BCUT2D eigenvalue weighted by molar-refractivity contribution is 6.13. The van der Waals surface area contributed by atoms with Crippen LogP contribution in [0.2, 0.25) is 0 Å². The summed E-state index contributed by atoms with van der Waals surface area (Å²) in [5.41, 5.74) is 1.19. The Morgan fingerprint density at radius 1 is 0.778 bits per heavy atom. The predicted octanol–water partition coefficient (Wildman–Crippen LogP) is 4.62. The van der Waals surface area contributed by atoms with Gasteiger partial charge in [0.2, 0.25) is 0 Å². The van der Waals surface area contributed by atoms with E-state index < -0.39 is 0 Å². The lowest BCUT2D eigenvalue weighted by atomic mass is 10.0. The first-order valence-electron chi connectivity index (χ1n) is 5.86. The maximum Gasteiger partial charge on any atom is 0.0785 e. The molecule has 0 aromatic heterocycles. The van der Waals surface area contributed by atoms with E-state index >= 15 is 0 Å². The molecular formula is C16H16FN. The Morgan fingerprint density at radius 3 is 2.22 bits per heavy atom. The van der Waals surface area contributed by atoms with Crippen molar-refractivity contribution >= 4 is 27.2 Å². The molecule has 0 radical (unpaired) electrons. The maximum absolute atomic E-state index is 9.50. The fourth-order valence-electron chi connectivity index (χ4n) is 2.27. The first kappa shape index (κ1) is 12.4. The van der Waals surface area contributed by atoms with Gasteiger partial charge >= 0.3 is 0 Å². The van der Waals surface area contributed by atoms with Crippen molar-refractivity contribution in [3.63, 3.8) is 0 Å². The van der Waals surface area contributed by atoms with Gasteiger partial charge in [-0.2, -0.15) is 0 Å². The Balaban J connectivity index is 0.000000574. The van der Waals surface area contributed by atoms with E-state index in [2.05, 4.69) is 59.9 Å². The second-order valence-electron chi connectivity index (χ2n) is 3.94. The SMILES string of the molecule is CF.CNc1cccc2ccc3ccccc3c12. The van der Waals surface area contributed by atoms with Crippen LogP contribution in [0.3, 0.4) is 0 Å². The Morgan fingerprint density at radius 2 is 1.44 bits per heavy atom. The van der Waals surface area contributed by atoms with Crippen LogP contribution in [0.4, 0.5) is 10.1 Å².